The van der Waals surface area contributed by atoms with E-state index < -0.39 is 4.92 Å². The van der Waals surface area contributed by atoms with Crippen molar-refractivity contribution in [3.8, 4) is 5.88 Å². The van der Waals surface area contributed by atoms with Crippen molar-refractivity contribution in [1.82, 2.24) is 15.6 Å². The number of non-ortho nitro benzene ring substituents is 1. The van der Waals surface area contributed by atoms with E-state index in [9.17, 15) is 20.0 Å². The van der Waals surface area contributed by atoms with Gasteiger partial charge in [0.05, 0.1) is 21.9 Å². The number of carbonyl (C=O) groups is 1. The average molecular weight is 512 g/mol. The summed E-state index contributed by atoms with van der Waals surface area (Å²) in [5, 5.41) is 29.2. The molecule has 1 aliphatic rings. The number of hydrogen-bond donors (Lipinski definition) is 4. The van der Waals surface area contributed by atoms with Gasteiger partial charge in [-0.1, -0.05) is 30.3 Å². The first-order valence-corrected chi connectivity index (χ1v) is 12.6. The van der Waals surface area contributed by atoms with Gasteiger partial charge in [0.2, 0.25) is 5.91 Å². The number of nitrogens with zero attached hydrogens (tertiary/aromatic N) is 2. The molecule has 0 bridgehead atoms. The Morgan fingerprint density at radius 3 is 2.68 bits per heavy atom. The Morgan fingerprint density at radius 2 is 1.92 bits per heavy atom. The highest BCUT2D eigenvalue weighted by atomic mass is 16.6. The van der Waals surface area contributed by atoms with Crippen molar-refractivity contribution in [3.63, 3.8) is 0 Å². The van der Waals surface area contributed by atoms with E-state index in [-0.39, 0.29) is 17.5 Å². The van der Waals surface area contributed by atoms with Gasteiger partial charge >= 0.3 is 0 Å². The molecule has 1 aliphatic heterocycles. The number of carbonyl (C=O) groups excluding carboxylic acids is 1. The number of aliphatic imine (C=N–C) groups is 1. The monoisotopic (exact) mass is 511 g/mol. The summed E-state index contributed by atoms with van der Waals surface area (Å²) in [5.74, 6) is -0.140. The number of amides is 1. The van der Waals surface area contributed by atoms with Gasteiger partial charge in [0.25, 0.3) is 5.69 Å². The van der Waals surface area contributed by atoms with Gasteiger partial charge in [0, 0.05) is 48.6 Å². The van der Waals surface area contributed by atoms with Crippen molar-refractivity contribution in [3.05, 3.63) is 98.6 Å². The third-order valence-corrected chi connectivity index (χ3v) is 6.77. The molecule has 4 aromatic rings. The van der Waals surface area contributed by atoms with Crippen LogP contribution in [0.25, 0.3) is 10.9 Å². The normalized spacial score (nSPS) is 13.3. The molecule has 4 N–H and O–H groups in total. The number of rotatable bonds is 8. The molecule has 0 fully saturated rings. The number of nitro groups is 1. The maximum absolute atomic E-state index is 11.5. The number of aromatic hydroxyl groups is 1. The number of hydrogen-bond acceptors (Lipinski definition) is 6. The van der Waals surface area contributed by atoms with Crippen LogP contribution in [0.5, 0.6) is 5.88 Å². The van der Waals surface area contributed by atoms with Gasteiger partial charge in [-0.25, -0.2) is 4.99 Å². The average Bonchev–Trinajstić information content (AvgIpc) is 3.24. The lowest BCUT2D eigenvalue weighted by Crippen LogP contribution is -2.23. The number of nitrogens with one attached hydrogen (secondary N) is 3. The quantitative estimate of drug-likeness (QED) is 0.118. The SMILES string of the molecule is CC(=O)NCCCc1ccc(C(=Nc2ccc3c(c2)CCNC3)c2c(O)[nH]c3ccc([N+](=O)[O-])cc23)cc1. The van der Waals surface area contributed by atoms with Crippen molar-refractivity contribution in [1.29, 1.82) is 0 Å². The second-order valence-electron chi connectivity index (χ2n) is 9.46. The van der Waals surface area contributed by atoms with Crippen LogP contribution in [-0.2, 0) is 24.2 Å². The van der Waals surface area contributed by atoms with Crippen LogP contribution in [0.2, 0.25) is 0 Å². The van der Waals surface area contributed by atoms with Gasteiger partial charge in [-0.3, -0.25) is 14.9 Å². The van der Waals surface area contributed by atoms with Crippen molar-refractivity contribution in [2.45, 2.75) is 32.7 Å². The number of H-pyrrole nitrogens is 1. The van der Waals surface area contributed by atoms with E-state index in [1.807, 2.05) is 30.3 Å². The smallest absolute Gasteiger partial charge is 0.270 e. The summed E-state index contributed by atoms with van der Waals surface area (Å²) in [6.07, 6.45) is 2.53. The minimum absolute atomic E-state index is 0.0431. The molecule has 9 heteroatoms. The fourth-order valence-electron chi connectivity index (χ4n) is 4.83. The zero-order valence-corrected chi connectivity index (χ0v) is 21.1. The highest BCUT2D eigenvalue weighted by molar-refractivity contribution is 6.22. The molecule has 0 aliphatic carbocycles. The number of aryl methyl sites for hydroxylation is 1. The maximum Gasteiger partial charge on any atom is 0.270 e. The second-order valence-corrected chi connectivity index (χ2v) is 9.46. The first-order valence-electron chi connectivity index (χ1n) is 12.6. The van der Waals surface area contributed by atoms with Crippen LogP contribution in [-0.4, -0.2) is 39.7 Å². The van der Waals surface area contributed by atoms with Gasteiger partial charge in [-0.05, 0) is 60.7 Å². The summed E-state index contributed by atoms with van der Waals surface area (Å²) in [4.78, 5) is 30.1. The standard InChI is InChI=1S/C29H29N5O4/c1-18(35)31-13-2-3-19-4-6-20(7-5-19)28(32-23-9-8-22-17-30-14-12-21(22)15-23)27-25-16-24(34(37)38)10-11-26(25)33-29(27)36/h4-11,15-16,30,33,36H,2-3,12-14,17H2,1H3,(H,31,35). The van der Waals surface area contributed by atoms with Crippen LogP contribution in [0.4, 0.5) is 11.4 Å². The maximum atomic E-state index is 11.5. The second kappa shape index (κ2) is 10.9. The Morgan fingerprint density at radius 1 is 1.11 bits per heavy atom. The predicted octanol–water partition coefficient (Wildman–Crippen LogP) is 4.67. The molecule has 9 nitrogen and oxygen atoms in total. The van der Waals surface area contributed by atoms with Crippen LogP contribution < -0.4 is 10.6 Å². The van der Waals surface area contributed by atoms with E-state index in [2.05, 4.69) is 27.8 Å². The summed E-state index contributed by atoms with van der Waals surface area (Å²) in [6, 6.07) is 18.5. The van der Waals surface area contributed by atoms with Crippen molar-refractivity contribution >= 4 is 33.9 Å². The molecule has 0 unspecified atom stereocenters. The largest absolute Gasteiger partial charge is 0.494 e. The molecule has 3 aromatic carbocycles. The fourth-order valence-corrected chi connectivity index (χ4v) is 4.83. The first kappa shape index (κ1) is 25.2. The van der Waals surface area contributed by atoms with Crippen LogP contribution in [0.1, 0.15) is 41.2 Å². The number of benzene rings is 3. The molecule has 194 valence electrons. The van der Waals surface area contributed by atoms with E-state index in [0.29, 0.717) is 28.7 Å². The van der Waals surface area contributed by atoms with Gasteiger partial charge in [-0.15, -0.1) is 0 Å². The Hall–Kier alpha value is -4.50. The van der Waals surface area contributed by atoms with E-state index in [4.69, 9.17) is 4.99 Å². The Kier molecular flexibility index (Phi) is 7.19. The van der Waals surface area contributed by atoms with Crippen LogP contribution in [0.15, 0.2) is 65.7 Å². The van der Waals surface area contributed by atoms with Crippen LogP contribution >= 0.6 is 0 Å². The molecule has 5 rings (SSSR count). The summed E-state index contributed by atoms with van der Waals surface area (Å²) < 4.78 is 0. The summed E-state index contributed by atoms with van der Waals surface area (Å²) in [6.45, 7) is 3.84. The molecule has 38 heavy (non-hydrogen) atoms. The number of aromatic amines is 1. The van der Waals surface area contributed by atoms with Crippen molar-refractivity contribution in [2.75, 3.05) is 13.1 Å². The van der Waals surface area contributed by atoms with Gasteiger partial charge in [0.15, 0.2) is 5.88 Å². The van der Waals surface area contributed by atoms with E-state index in [0.717, 1.165) is 49.2 Å². The minimum atomic E-state index is -0.447. The van der Waals surface area contributed by atoms with Gasteiger partial charge in [0.1, 0.15) is 0 Å². The van der Waals surface area contributed by atoms with E-state index >= 15 is 0 Å². The molecule has 0 atom stereocenters. The summed E-state index contributed by atoms with van der Waals surface area (Å²) in [5.41, 5.74) is 6.57. The third-order valence-electron chi connectivity index (χ3n) is 6.77. The van der Waals surface area contributed by atoms with Crippen molar-refractivity contribution in [2.24, 2.45) is 4.99 Å². The van der Waals surface area contributed by atoms with Crippen LogP contribution in [0, 0.1) is 10.1 Å². The Balaban J connectivity index is 1.57. The minimum Gasteiger partial charge on any atom is -0.494 e. The van der Waals surface area contributed by atoms with Gasteiger partial charge < -0.3 is 20.7 Å². The number of nitro benzene ring substituents is 1. The van der Waals surface area contributed by atoms with Crippen molar-refractivity contribution < 1.29 is 14.8 Å². The van der Waals surface area contributed by atoms with E-state index in [1.54, 1.807) is 6.07 Å². The summed E-state index contributed by atoms with van der Waals surface area (Å²) in [7, 11) is 0. The molecule has 0 radical (unpaired) electrons. The highest BCUT2D eigenvalue weighted by Gasteiger charge is 2.21. The fraction of sp³-hybridized carbons (Fsp3) is 0.241. The molecule has 0 spiro atoms. The topological polar surface area (TPSA) is 133 Å². The number of aromatic nitrogens is 1. The zero-order valence-electron chi connectivity index (χ0n) is 21.1. The first-order chi connectivity index (χ1) is 18.4. The lowest BCUT2D eigenvalue weighted by Gasteiger charge is -2.17. The molecule has 2 heterocycles. The molecule has 1 aromatic heterocycles. The van der Waals surface area contributed by atoms with Gasteiger partial charge in [-0.2, -0.15) is 0 Å². The molecule has 1 amide bonds. The number of fused-ring (bicyclic) bond motifs is 2. The highest BCUT2D eigenvalue weighted by Crippen LogP contribution is 2.34. The molecule has 0 saturated carbocycles. The lowest BCUT2D eigenvalue weighted by molar-refractivity contribution is -0.384. The predicted molar refractivity (Wildman–Crippen MR) is 147 cm³/mol. The third kappa shape index (κ3) is 5.42. The lowest BCUT2D eigenvalue weighted by atomic mass is 9.97. The molecular weight excluding hydrogens is 482 g/mol. The molecule has 0 saturated heterocycles. The molecular formula is C29H29N5O4. The van der Waals surface area contributed by atoms with E-state index in [1.165, 1.54) is 30.2 Å². The summed E-state index contributed by atoms with van der Waals surface area (Å²) >= 11 is 0. The Labute approximate surface area is 219 Å². The van der Waals surface area contributed by atoms with Crippen LogP contribution in [0.3, 0.4) is 0 Å². The Bertz CT molecular complexity index is 1540. The zero-order chi connectivity index (χ0) is 26.6.